The molecule has 6 nitrogen and oxygen atoms in total. The standard InChI is InChI=1S/C25H24F5N3O3/c1-4-15(16-8-6-5-7-9-16)10-11-32(3)25-23(31-13-33(25)12-17(34)35)14(2)36-24-21(29)19(27)18(26)20(28)22(24)30/h4,10,13,16H,1-3,5-9,11-12H2/p+1. The molecule has 36 heavy (non-hydrogen) atoms. The van der Waals surface area contributed by atoms with Crippen LogP contribution in [0.4, 0.5) is 27.8 Å². The zero-order chi connectivity index (χ0) is 26.6. The Kier molecular flexibility index (Phi) is 8.44. The van der Waals surface area contributed by atoms with Crippen LogP contribution in [0, 0.1) is 35.0 Å². The molecule has 1 fully saturated rings. The minimum absolute atomic E-state index is 0.0505. The van der Waals surface area contributed by atoms with Gasteiger partial charge in [-0.15, -0.1) is 0 Å². The fourth-order valence-electron chi connectivity index (χ4n) is 4.17. The van der Waals surface area contributed by atoms with Crippen LogP contribution in [0.15, 0.2) is 37.2 Å². The predicted octanol–water partition coefficient (Wildman–Crippen LogP) is 5.75. The van der Waals surface area contributed by atoms with E-state index in [9.17, 15) is 31.9 Å². The van der Waals surface area contributed by atoms with Crippen molar-refractivity contribution >= 4 is 24.3 Å². The van der Waals surface area contributed by atoms with Gasteiger partial charge >= 0.3 is 11.8 Å². The van der Waals surface area contributed by atoms with Gasteiger partial charge in [-0.1, -0.05) is 38.5 Å². The smallest absolute Gasteiger partial charge is 0.346 e. The fraction of sp³-hybridized carbons (Fsp3) is 0.320. The Labute approximate surface area is 204 Å². The molecule has 0 saturated heterocycles. The van der Waals surface area contributed by atoms with E-state index in [1.165, 1.54) is 15.6 Å². The number of carboxylic acid groups (broad SMARTS) is 1. The number of benzene rings is 1. The molecule has 2 aromatic rings. The SMILES string of the molecule is C=CC(=CC[N+](=C)c1c(C(=C)Oc2c(F)c(F)c(F)c(F)c2F)ncn1CC(=O)O)C1CCCCC1. The van der Waals surface area contributed by atoms with Gasteiger partial charge < -0.3 is 9.84 Å². The summed E-state index contributed by atoms with van der Waals surface area (Å²) in [6.07, 6.45) is 10.2. The van der Waals surface area contributed by atoms with Gasteiger partial charge in [-0.3, -0.25) is 0 Å². The second-order valence-corrected chi connectivity index (χ2v) is 8.33. The number of carbonyl (C=O) groups is 1. The number of allylic oxidation sites excluding steroid dienone is 2. The predicted molar refractivity (Wildman–Crippen MR) is 123 cm³/mol. The summed E-state index contributed by atoms with van der Waals surface area (Å²) in [5, 5.41) is 9.26. The molecule has 1 aliphatic carbocycles. The van der Waals surface area contributed by atoms with E-state index in [1.54, 1.807) is 6.08 Å². The van der Waals surface area contributed by atoms with Gasteiger partial charge in [0.1, 0.15) is 6.54 Å². The number of hydrogen-bond acceptors (Lipinski definition) is 3. The number of carboxylic acids is 1. The lowest BCUT2D eigenvalue weighted by Gasteiger charge is -2.22. The maximum Gasteiger partial charge on any atom is 0.346 e. The third-order valence-electron chi connectivity index (χ3n) is 5.93. The minimum atomic E-state index is -2.33. The second-order valence-electron chi connectivity index (χ2n) is 8.33. The lowest BCUT2D eigenvalue weighted by atomic mass is 9.83. The van der Waals surface area contributed by atoms with Crippen molar-refractivity contribution in [3.8, 4) is 5.75 Å². The molecule has 192 valence electrons. The molecule has 1 saturated carbocycles. The largest absolute Gasteiger partial charge is 0.478 e. The van der Waals surface area contributed by atoms with E-state index in [-0.39, 0.29) is 18.1 Å². The van der Waals surface area contributed by atoms with Gasteiger partial charge in [0, 0.05) is 0 Å². The quantitative estimate of drug-likeness (QED) is 0.0841. The molecule has 0 aliphatic heterocycles. The number of nitrogens with zero attached hydrogens (tertiary/aromatic N) is 3. The number of halogens is 5. The Bertz CT molecular complexity index is 1220. The van der Waals surface area contributed by atoms with Crippen molar-refractivity contribution in [1.82, 2.24) is 9.55 Å². The number of aliphatic carboxylic acids is 1. The molecule has 3 rings (SSSR count). The van der Waals surface area contributed by atoms with Crippen molar-refractivity contribution in [2.45, 2.75) is 38.6 Å². The monoisotopic (exact) mass is 510 g/mol. The van der Waals surface area contributed by atoms with Crippen LogP contribution in [-0.2, 0) is 11.3 Å². The van der Waals surface area contributed by atoms with Crippen LogP contribution < -0.4 is 4.74 Å². The fourth-order valence-corrected chi connectivity index (χ4v) is 4.17. The summed E-state index contributed by atoms with van der Waals surface area (Å²) in [7, 11) is 0. The number of hydrogen-bond donors (Lipinski definition) is 1. The van der Waals surface area contributed by atoms with Crippen molar-refractivity contribution < 1.29 is 41.2 Å². The van der Waals surface area contributed by atoms with Gasteiger partial charge in [0.2, 0.25) is 34.8 Å². The van der Waals surface area contributed by atoms with Crippen molar-refractivity contribution in [3.63, 3.8) is 0 Å². The van der Waals surface area contributed by atoms with Gasteiger partial charge in [-0.05, 0) is 30.4 Å². The van der Waals surface area contributed by atoms with Crippen LogP contribution in [0.2, 0.25) is 0 Å². The summed E-state index contributed by atoms with van der Waals surface area (Å²) in [5.41, 5.74) is 0.812. The van der Waals surface area contributed by atoms with Crippen molar-refractivity contribution in [2.75, 3.05) is 6.54 Å². The van der Waals surface area contributed by atoms with Crippen LogP contribution in [0.5, 0.6) is 5.75 Å². The average Bonchev–Trinajstić information content (AvgIpc) is 3.28. The number of aromatic nitrogens is 2. The van der Waals surface area contributed by atoms with E-state index >= 15 is 0 Å². The molecule has 1 aromatic carbocycles. The third kappa shape index (κ3) is 5.55. The highest BCUT2D eigenvalue weighted by Gasteiger charge is 2.31. The average molecular weight is 510 g/mol. The van der Waals surface area contributed by atoms with Gasteiger partial charge in [0.15, 0.2) is 24.3 Å². The molecule has 1 N–H and O–H groups in total. The lowest BCUT2D eigenvalue weighted by Crippen LogP contribution is -2.16. The first-order valence-electron chi connectivity index (χ1n) is 11.1. The van der Waals surface area contributed by atoms with Gasteiger partial charge in [-0.25, -0.2) is 32.1 Å². The van der Waals surface area contributed by atoms with Crippen molar-refractivity contribution in [3.05, 3.63) is 72.0 Å². The normalized spacial score (nSPS) is 14.5. The Hall–Kier alpha value is -3.76. The Morgan fingerprint density at radius 1 is 1.11 bits per heavy atom. The first-order valence-corrected chi connectivity index (χ1v) is 11.1. The number of ether oxygens (including phenoxy) is 1. The molecule has 0 unspecified atom stereocenters. The molecule has 1 aliphatic rings. The molecule has 0 atom stereocenters. The summed E-state index contributed by atoms with van der Waals surface area (Å²) in [6.45, 7) is 10.9. The maximum absolute atomic E-state index is 14.1. The van der Waals surface area contributed by atoms with E-state index < -0.39 is 53.1 Å². The van der Waals surface area contributed by atoms with Crippen LogP contribution in [0.25, 0.3) is 5.76 Å². The zero-order valence-corrected chi connectivity index (χ0v) is 19.4. The highest BCUT2D eigenvalue weighted by atomic mass is 19.2. The van der Waals surface area contributed by atoms with E-state index in [0.29, 0.717) is 5.92 Å². The zero-order valence-electron chi connectivity index (χ0n) is 19.4. The Morgan fingerprint density at radius 3 is 2.25 bits per heavy atom. The van der Waals surface area contributed by atoms with Crippen LogP contribution in [0.3, 0.4) is 0 Å². The van der Waals surface area contributed by atoms with Crippen LogP contribution >= 0.6 is 0 Å². The third-order valence-corrected chi connectivity index (χ3v) is 5.93. The Balaban J connectivity index is 1.94. The summed E-state index contributed by atoms with van der Waals surface area (Å²) >= 11 is 0. The lowest BCUT2D eigenvalue weighted by molar-refractivity contribution is -0.425. The van der Waals surface area contributed by atoms with Crippen molar-refractivity contribution in [2.24, 2.45) is 5.92 Å². The van der Waals surface area contributed by atoms with E-state index in [2.05, 4.69) is 24.9 Å². The summed E-state index contributed by atoms with van der Waals surface area (Å²) in [5.74, 6) is -14.0. The first kappa shape index (κ1) is 26.8. The minimum Gasteiger partial charge on any atom is -0.478 e. The Morgan fingerprint density at radius 2 is 1.69 bits per heavy atom. The van der Waals surface area contributed by atoms with E-state index in [0.717, 1.165) is 37.6 Å². The first-order chi connectivity index (χ1) is 17.1. The van der Waals surface area contributed by atoms with Crippen LogP contribution in [-0.4, -0.2) is 38.5 Å². The molecular formula is C25H25F5N3O3+. The number of imidazole rings is 1. The summed E-state index contributed by atoms with van der Waals surface area (Å²) in [6, 6.07) is 0. The molecule has 0 spiro atoms. The molecular weight excluding hydrogens is 485 g/mol. The van der Waals surface area contributed by atoms with E-state index in [1.807, 2.05) is 6.08 Å². The van der Waals surface area contributed by atoms with Gasteiger partial charge in [-0.2, -0.15) is 8.78 Å². The second kappa shape index (κ2) is 11.3. The summed E-state index contributed by atoms with van der Waals surface area (Å²) in [4.78, 5) is 15.3. The highest BCUT2D eigenvalue weighted by Crippen LogP contribution is 2.34. The molecule has 0 bridgehead atoms. The van der Waals surface area contributed by atoms with Gasteiger partial charge in [0.25, 0.3) is 0 Å². The summed E-state index contributed by atoms with van der Waals surface area (Å²) < 4.78 is 76.2. The molecule has 11 heteroatoms. The molecule has 0 radical (unpaired) electrons. The molecule has 1 aromatic heterocycles. The van der Waals surface area contributed by atoms with Gasteiger partial charge in [0.05, 0.1) is 6.72 Å². The maximum atomic E-state index is 14.1. The van der Waals surface area contributed by atoms with Crippen LogP contribution in [0.1, 0.15) is 37.8 Å². The molecule has 1 heterocycles. The highest BCUT2D eigenvalue weighted by molar-refractivity contribution is 5.69. The topological polar surface area (TPSA) is 67.4 Å². The van der Waals surface area contributed by atoms with E-state index in [4.69, 9.17) is 4.74 Å². The number of rotatable bonds is 10. The van der Waals surface area contributed by atoms with Crippen molar-refractivity contribution in [1.29, 1.82) is 0 Å². The molecule has 0 amide bonds.